The van der Waals surface area contributed by atoms with Crippen LogP contribution in [0.1, 0.15) is 0 Å². The summed E-state index contributed by atoms with van der Waals surface area (Å²) in [6.45, 7) is 0. The molecule has 9 heteroatoms. The van der Waals surface area contributed by atoms with E-state index in [9.17, 15) is 18.9 Å². The molecular weight excluding hydrogens is 229 g/mol. The summed E-state index contributed by atoms with van der Waals surface area (Å²) >= 11 is 4.64. The Morgan fingerprint density at radius 1 is 1.20 bits per heavy atom. The van der Waals surface area contributed by atoms with Crippen LogP contribution in [0.5, 0.6) is 0 Å². The average molecular weight is 235 g/mol. The first-order chi connectivity index (χ1) is 4.13. The van der Waals surface area contributed by atoms with Gasteiger partial charge in [-0.15, -0.1) is 11.6 Å². The van der Waals surface area contributed by atoms with E-state index in [0.29, 0.717) is 0 Å². The molecule has 0 spiro atoms. The molecule has 0 aromatic heterocycles. The Hall–Kier alpha value is 1.89. The molecule has 0 aliphatic carbocycles. The van der Waals surface area contributed by atoms with Gasteiger partial charge in [-0.2, -0.15) is 0 Å². The van der Waals surface area contributed by atoms with Crippen LogP contribution in [0.4, 0.5) is 0 Å². The van der Waals surface area contributed by atoms with E-state index in [-0.39, 0.29) is 37.7 Å². The van der Waals surface area contributed by atoms with Gasteiger partial charge in [-0.1, -0.05) is 0 Å². The maximum Gasteiger partial charge on any atom is 2.00 e. The first kappa shape index (κ1) is 17.8. The minimum atomic E-state index is -3.51. The zero-order valence-electron chi connectivity index (χ0n) is 5.13. The number of alkyl halides is 1. The van der Waals surface area contributed by atoms with Gasteiger partial charge in [0.15, 0.2) is 0 Å². The topological polar surface area (TPSA) is 89.5 Å². The fraction of sp³-hybridized carbons (Fsp3) is 1.00. The molecule has 0 saturated carbocycles. The molecule has 0 aromatic carbocycles. The Labute approximate surface area is 94.6 Å². The third-order valence-electron chi connectivity index (χ3n) is 0.167. The molecular formula is CH5CaClO5P2. The minimum Gasteiger partial charge on any atom is -0.781 e. The van der Waals surface area contributed by atoms with Crippen molar-refractivity contribution in [2.24, 2.45) is 0 Å². The maximum absolute atomic E-state index is 9.29. The summed E-state index contributed by atoms with van der Waals surface area (Å²) in [6.07, 6.45) is 1.47. The molecule has 0 fully saturated rings. The number of hydrogen-bond donors (Lipinski definition) is 0. The summed E-state index contributed by atoms with van der Waals surface area (Å²) in [5, 5.41) is 0. The molecule has 0 rings (SSSR count). The Bertz CT molecular complexity index is 95.8. The van der Waals surface area contributed by atoms with Crippen molar-refractivity contribution in [1.82, 2.24) is 0 Å². The van der Waals surface area contributed by atoms with Crippen molar-refractivity contribution in [3.05, 3.63) is 0 Å². The predicted octanol–water partition coefficient (Wildman–Crippen LogP) is -1.02. The van der Waals surface area contributed by atoms with Crippen LogP contribution in [0.3, 0.4) is 0 Å². The van der Waals surface area contributed by atoms with Gasteiger partial charge in [-0.3, -0.25) is 4.31 Å². The molecule has 10 heavy (non-hydrogen) atoms. The van der Waals surface area contributed by atoms with E-state index < -0.39 is 16.5 Å². The predicted molar refractivity (Wildman–Crippen MR) is 36.6 cm³/mol. The summed E-state index contributed by atoms with van der Waals surface area (Å²) < 4.78 is 21.8. The van der Waals surface area contributed by atoms with Gasteiger partial charge in [-0.25, -0.2) is 0 Å². The Balaban J connectivity index is -0.000000149. The van der Waals surface area contributed by atoms with E-state index in [1.807, 2.05) is 0 Å². The van der Waals surface area contributed by atoms with Gasteiger partial charge in [0.05, 0.1) is 0 Å². The number of halogens is 1. The van der Waals surface area contributed by atoms with Crippen LogP contribution >= 0.6 is 28.1 Å². The molecule has 0 radical (unpaired) electrons. The molecule has 0 aromatic rings. The summed E-state index contributed by atoms with van der Waals surface area (Å²) in [4.78, 5) is 18.6. The minimum absolute atomic E-state index is 0. The van der Waals surface area contributed by atoms with Crippen molar-refractivity contribution >= 4 is 65.8 Å². The molecule has 0 saturated heterocycles. The van der Waals surface area contributed by atoms with Crippen molar-refractivity contribution in [3.8, 4) is 0 Å². The van der Waals surface area contributed by atoms with Crippen LogP contribution in [0.15, 0.2) is 0 Å². The molecule has 5 nitrogen and oxygen atoms in total. The van der Waals surface area contributed by atoms with E-state index in [0.717, 1.165) is 0 Å². The SMILES string of the molecule is CCl.O=[PH]([O-])O[PH](=O)[O-].[Ca+2]. The average Bonchev–Trinajstić information content (AvgIpc) is 1.68. The Morgan fingerprint density at radius 2 is 1.40 bits per heavy atom. The van der Waals surface area contributed by atoms with Gasteiger partial charge in [0.1, 0.15) is 16.5 Å². The third kappa shape index (κ3) is 22.5. The first-order valence-corrected chi connectivity index (χ1v) is 4.81. The third-order valence-corrected chi connectivity index (χ3v) is 1.50. The maximum atomic E-state index is 9.29. The first-order valence-electron chi connectivity index (χ1n) is 1.60. The Morgan fingerprint density at radius 3 is 1.40 bits per heavy atom. The van der Waals surface area contributed by atoms with Crippen molar-refractivity contribution in [2.45, 2.75) is 0 Å². The smallest absolute Gasteiger partial charge is 0.781 e. The fourth-order valence-corrected chi connectivity index (χ4v) is 0.612. The van der Waals surface area contributed by atoms with E-state index in [4.69, 9.17) is 0 Å². The zero-order valence-corrected chi connectivity index (χ0v) is 10.1. The van der Waals surface area contributed by atoms with Crippen molar-refractivity contribution in [3.63, 3.8) is 0 Å². The van der Waals surface area contributed by atoms with E-state index >= 15 is 0 Å². The second-order valence-electron chi connectivity index (χ2n) is 0.602. The largest absolute Gasteiger partial charge is 2.00 e. The van der Waals surface area contributed by atoms with E-state index in [2.05, 4.69) is 15.9 Å². The summed E-state index contributed by atoms with van der Waals surface area (Å²) in [7, 11) is -7.03. The molecule has 0 aliphatic rings. The summed E-state index contributed by atoms with van der Waals surface area (Å²) in [5.74, 6) is 0. The van der Waals surface area contributed by atoms with Gasteiger partial charge in [0, 0.05) is 6.38 Å². The van der Waals surface area contributed by atoms with Crippen LogP contribution in [0.25, 0.3) is 0 Å². The number of rotatable bonds is 2. The normalized spacial score (nSPS) is 13.6. The molecule has 0 bridgehead atoms. The van der Waals surface area contributed by atoms with Crippen LogP contribution in [0.2, 0.25) is 0 Å². The molecule has 0 N–H and O–H groups in total. The van der Waals surface area contributed by atoms with Crippen molar-refractivity contribution < 1.29 is 23.2 Å². The van der Waals surface area contributed by atoms with Crippen LogP contribution in [-0.2, 0) is 13.4 Å². The van der Waals surface area contributed by atoms with E-state index in [1.165, 1.54) is 6.38 Å². The van der Waals surface area contributed by atoms with Gasteiger partial charge in [0.25, 0.3) is 0 Å². The molecule has 2 unspecified atom stereocenters. The van der Waals surface area contributed by atoms with Crippen molar-refractivity contribution in [2.75, 3.05) is 6.38 Å². The van der Waals surface area contributed by atoms with Crippen LogP contribution in [0, 0.1) is 0 Å². The monoisotopic (exact) mass is 234 g/mol. The Kier molecular flexibility index (Phi) is 24.0. The summed E-state index contributed by atoms with van der Waals surface area (Å²) in [5.41, 5.74) is 0. The quantitative estimate of drug-likeness (QED) is 0.346. The summed E-state index contributed by atoms with van der Waals surface area (Å²) in [6, 6.07) is 0. The second-order valence-corrected chi connectivity index (χ2v) is 2.42. The fourth-order valence-electron chi connectivity index (χ4n) is 0.0680. The number of hydrogen-bond acceptors (Lipinski definition) is 5. The van der Waals surface area contributed by atoms with Gasteiger partial charge in [0.2, 0.25) is 0 Å². The van der Waals surface area contributed by atoms with Gasteiger partial charge >= 0.3 is 37.7 Å². The molecule has 2 atom stereocenters. The molecule has 0 aliphatic heterocycles. The second kappa shape index (κ2) is 13.5. The van der Waals surface area contributed by atoms with Crippen LogP contribution < -0.4 is 9.79 Å². The molecule has 0 amide bonds. The molecule has 58 valence electrons. The zero-order chi connectivity index (χ0) is 7.86. The van der Waals surface area contributed by atoms with Crippen molar-refractivity contribution in [1.29, 1.82) is 0 Å². The van der Waals surface area contributed by atoms with Gasteiger partial charge in [-0.05, 0) is 0 Å². The van der Waals surface area contributed by atoms with Gasteiger partial charge < -0.3 is 18.9 Å². The molecule has 0 heterocycles. The standard InChI is InChI=1S/CH3Cl.Ca.H4O5P2/c1-2;;1-6(2)5-7(3)4/h1H3;;6-7H,(H,1,2)(H,3,4)/q;+2;/p-2. The van der Waals surface area contributed by atoms with Crippen LogP contribution in [-0.4, -0.2) is 44.1 Å². The van der Waals surface area contributed by atoms with E-state index in [1.54, 1.807) is 0 Å².